The van der Waals surface area contributed by atoms with E-state index in [4.69, 9.17) is 0 Å². The van der Waals surface area contributed by atoms with E-state index >= 15 is 0 Å². The number of aromatic nitrogens is 2. The molecule has 0 aliphatic heterocycles. The molecule has 0 fully saturated rings. The van der Waals surface area contributed by atoms with Crippen LogP contribution >= 0.6 is 0 Å². The van der Waals surface area contributed by atoms with Crippen molar-refractivity contribution in [1.82, 2.24) is 20.0 Å². The second-order valence-electron chi connectivity index (χ2n) is 5.77. The van der Waals surface area contributed by atoms with Crippen LogP contribution in [0, 0.1) is 13.8 Å². The molecule has 5 nitrogen and oxygen atoms in total. The number of nitrogens with one attached hydrogen (secondary N) is 1. The van der Waals surface area contributed by atoms with E-state index in [0.29, 0.717) is 13.1 Å². The zero-order valence-corrected chi connectivity index (χ0v) is 14.6. The molecule has 0 bridgehead atoms. The Hall–Kier alpha value is -2.30. The van der Waals surface area contributed by atoms with Crippen molar-refractivity contribution in [2.75, 3.05) is 13.1 Å². The fourth-order valence-corrected chi connectivity index (χ4v) is 2.67. The quantitative estimate of drug-likeness (QED) is 0.916. The second-order valence-corrected chi connectivity index (χ2v) is 5.77. The van der Waals surface area contributed by atoms with Gasteiger partial charge in [-0.1, -0.05) is 12.1 Å². The number of benzene rings is 1. The minimum Gasteiger partial charge on any atom is -0.331 e. The summed E-state index contributed by atoms with van der Waals surface area (Å²) < 4.78 is 1.93. The summed E-state index contributed by atoms with van der Waals surface area (Å²) in [5.74, 6) is 0. The summed E-state index contributed by atoms with van der Waals surface area (Å²) in [4.78, 5) is 13.9. The van der Waals surface area contributed by atoms with Gasteiger partial charge in [-0.15, -0.1) is 0 Å². The van der Waals surface area contributed by atoms with Gasteiger partial charge in [0.05, 0.1) is 17.4 Å². The van der Waals surface area contributed by atoms with Crippen molar-refractivity contribution in [3.63, 3.8) is 0 Å². The second kappa shape index (κ2) is 7.31. The van der Waals surface area contributed by atoms with Crippen LogP contribution in [0.4, 0.5) is 4.79 Å². The van der Waals surface area contributed by atoms with Gasteiger partial charge in [0.25, 0.3) is 0 Å². The highest BCUT2D eigenvalue weighted by molar-refractivity contribution is 5.74. The fourth-order valence-electron chi connectivity index (χ4n) is 2.67. The van der Waals surface area contributed by atoms with Crippen LogP contribution in [0.5, 0.6) is 0 Å². The minimum atomic E-state index is -0.0300. The van der Waals surface area contributed by atoms with E-state index in [-0.39, 0.29) is 12.1 Å². The Morgan fingerprint density at radius 3 is 2.30 bits per heavy atom. The zero-order chi connectivity index (χ0) is 17.0. The monoisotopic (exact) mass is 314 g/mol. The predicted molar refractivity (Wildman–Crippen MR) is 92.9 cm³/mol. The van der Waals surface area contributed by atoms with Gasteiger partial charge in [0, 0.05) is 18.8 Å². The first-order valence-electron chi connectivity index (χ1n) is 8.15. The molecule has 23 heavy (non-hydrogen) atoms. The van der Waals surface area contributed by atoms with Crippen LogP contribution in [0.1, 0.15) is 43.8 Å². The first kappa shape index (κ1) is 17.1. The SMILES string of the molecule is CCN(CC)C(=O)NC(C)c1ccc(-n2nc(C)cc2C)cc1. The van der Waals surface area contributed by atoms with Crippen LogP contribution < -0.4 is 5.32 Å². The van der Waals surface area contributed by atoms with E-state index < -0.39 is 0 Å². The Kier molecular flexibility index (Phi) is 5.42. The lowest BCUT2D eigenvalue weighted by atomic mass is 10.1. The molecule has 1 unspecified atom stereocenters. The standard InChI is InChI=1S/C18H26N4O/c1-6-21(7-2)18(23)19-15(5)16-8-10-17(11-9-16)22-14(4)12-13(3)20-22/h8-12,15H,6-7H2,1-5H3,(H,19,23). The summed E-state index contributed by atoms with van der Waals surface area (Å²) in [6.45, 7) is 11.4. The molecule has 0 saturated heterocycles. The molecule has 0 spiro atoms. The van der Waals surface area contributed by atoms with Crippen molar-refractivity contribution in [1.29, 1.82) is 0 Å². The van der Waals surface area contributed by atoms with Crippen LogP contribution in [0.3, 0.4) is 0 Å². The lowest BCUT2D eigenvalue weighted by Gasteiger charge is -2.23. The third-order valence-electron chi connectivity index (χ3n) is 4.04. The molecule has 1 aromatic heterocycles. The number of aryl methyl sites for hydroxylation is 2. The molecular formula is C18H26N4O. The summed E-state index contributed by atoms with van der Waals surface area (Å²) in [7, 11) is 0. The number of hydrogen-bond donors (Lipinski definition) is 1. The van der Waals surface area contributed by atoms with Gasteiger partial charge in [-0.3, -0.25) is 0 Å². The molecule has 0 aliphatic rings. The molecular weight excluding hydrogens is 288 g/mol. The minimum absolute atomic E-state index is 0.0230. The fraction of sp³-hybridized carbons (Fsp3) is 0.444. The van der Waals surface area contributed by atoms with Crippen molar-refractivity contribution in [3.8, 4) is 5.69 Å². The molecule has 1 N–H and O–H groups in total. The summed E-state index contributed by atoms with van der Waals surface area (Å²) >= 11 is 0. The van der Waals surface area contributed by atoms with Gasteiger partial charge in [-0.05, 0) is 58.4 Å². The van der Waals surface area contributed by atoms with Crippen molar-refractivity contribution >= 4 is 6.03 Å². The van der Waals surface area contributed by atoms with Crippen LogP contribution in [-0.4, -0.2) is 33.8 Å². The van der Waals surface area contributed by atoms with Crippen molar-refractivity contribution < 1.29 is 4.79 Å². The number of urea groups is 1. The van der Waals surface area contributed by atoms with Gasteiger partial charge < -0.3 is 10.2 Å². The Labute approximate surface area is 138 Å². The highest BCUT2D eigenvalue weighted by atomic mass is 16.2. The lowest BCUT2D eigenvalue weighted by molar-refractivity contribution is 0.200. The van der Waals surface area contributed by atoms with Gasteiger partial charge >= 0.3 is 6.03 Å². The first-order valence-corrected chi connectivity index (χ1v) is 8.15. The summed E-state index contributed by atoms with van der Waals surface area (Å²) in [6.07, 6.45) is 0. The van der Waals surface area contributed by atoms with E-state index in [9.17, 15) is 4.79 Å². The first-order chi connectivity index (χ1) is 11.0. The Morgan fingerprint density at radius 1 is 1.22 bits per heavy atom. The highest BCUT2D eigenvalue weighted by Crippen LogP contribution is 2.17. The number of hydrogen-bond acceptors (Lipinski definition) is 2. The van der Waals surface area contributed by atoms with Gasteiger partial charge in [-0.25, -0.2) is 9.48 Å². The van der Waals surface area contributed by atoms with E-state index in [2.05, 4.69) is 16.5 Å². The predicted octanol–water partition coefficient (Wildman–Crippen LogP) is 3.60. The third kappa shape index (κ3) is 3.92. The molecule has 5 heteroatoms. The number of amides is 2. The summed E-state index contributed by atoms with van der Waals surface area (Å²) in [5, 5.41) is 7.53. The summed E-state index contributed by atoms with van der Waals surface area (Å²) in [6, 6.07) is 10.2. The van der Waals surface area contributed by atoms with Gasteiger partial charge in [0.1, 0.15) is 0 Å². The molecule has 0 aliphatic carbocycles. The number of carbonyl (C=O) groups excluding carboxylic acids is 1. The molecule has 2 amide bonds. The molecule has 1 heterocycles. The largest absolute Gasteiger partial charge is 0.331 e. The van der Waals surface area contributed by atoms with E-state index in [1.165, 1.54) is 0 Å². The van der Waals surface area contributed by atoms with Crippen LogP contribution in [0.15, 0.2) is 30.3 Å². The molecule has 0 radical (unpaired) electrons. The third-order valence-corrected chi connectivity index (χ3v) is 4.04. The molecule has 1 atom stereocenters. The maximum atomic E-state index is 12.1. The number of carbonyl (C=O) groups is 1. The lowest BCUT2D eigenvalue weighted by Crippen LogP contribution is -2.40. The zero-order valence-electron chi connectivity index (χ0n) is 14.6. The average molecular weight is 314 g/mol. The van der Waals surface area contributed by atoms with E-state index in [0.717, 1.165) is 22.6 Å². The van der Waals surface area contributed by atoms with E-state index in [1.807, 2.05) is 63.6 Å². The maximum Gasteiger partial charge on any atom is 0.317 e. The van der Waals surface area contributed by atoms with Gasteiger partial charge in [-0.2, -0.15) is 5.10 Å². The van der Waals surface area contributed by atoms with Gasteiger partial charge in [0.2, 0.25) is 0 Å². The Bertz CT molecular complexity index is 656. The Morgan fingerprint density at radius 2 is 1.83 bits per heavy atom. The van der Waals surface area contributed by atoms with Crippen molar-refractivity contribution in [3.05, 3.63) is 47.3 Å². The molecule has 0 saturated carbocycles. The topological polar surface area (TPSA) is 50.2 Å². The van der Waals surface area contributed by atoms with Crippen LogP contribution in [0.2, 0.25) is 0 Å². The molecule has 2 aromatic rings. The summed E-state index contributed by atoms with van der Waals surface area (Å²) in [5.41, 5.74) is 4.22. The smallest absolute Gasteiger partial charge is 0.317 e. The highest BCUT2D eigenvalue weighted by Gasteiger charge is 2.14. The van der Waals surface area contributed by atoms with Crippen LogP contribution in [-0.2, 0) is 0 Å². The molecule has 124 valence electrons. The number of nitrogens with zero attached hydrogens (tertiary/aromatic N) is 3. The van der Waals surface area contributed by atoms with E-state index in [1.54, 1.807) is 4.90 Å². The van der Waals surface area contributed by atoms with Gasteiger partial charge in [0.15, 0.2) is 0 Å². The molecule has 1 aromatic carbocycles. The molecule has 2 rings (SSSR count). The normalized spacial score (nSPS) is 12.0. The average Bonchev–Trinajstić information content (AvgIpc) is 2.87. The maximum absolute atomic E-state index is 12.1. The Balaban J connectivity index is 2.10. The van der Waals surface area contributed by atoms with Crippen molar-refractivity contribution in [2.24, 2.45) is 0 Å². The number of rotatable bonds is 5. The van der Waals surface area contributed by atoms with Crippen LogP contribution in [0.25, 0.3) is 5.69 Å². The van der Waals surface area contributed by atoms with Crippen molar-refractivity contribution in [2.45, 2.75) is 40.7 Å².